The van der Waals surface area contributed by atoms with E-state index in [-0.39, 0.29) is 17.2 Å². The van der Waals surface area contributed by atoms with Crippen LogP contribution in [0.2, 0.25) is 0 Å². The topological polar surface area (TPSA) is 114 Å². The summed E-state index contributed by atoms with van der Waals surface area (Å²) in [4.78, 5) is 26.6. The predicted molar refractivity (Wildman–Crippen MR) is 95.0 cm³/mol. The minimum atomic E-state index is -4.44. The van der Waals surface area contributed by atoms with Crippen molar-refractivity contribution in [2.75, 3.05) is 0 Å². The summed E-state index contributed by atoms with van der Waals surface area (Å²) in [6, 6.07) is 12.7. The summed E-state index contributed by atoms with van der Waals surface area (Å²) in [5, 5.41) is 10.7. The zero-order valence-electron chi connectivity index (χ0n) is 14.9. The van der Waals surface area contributed by atoms with Gasteiger partial charge >= 0.3 is 13.8 Å². The van der Waals surface area contributed by atoms with Crippen LogP contribution in [0.15, 0.2) is 54.6 Å². The Morgan fingerprint density at radius 1 is 0.963 bits per heavy atom. The van der Waals surface area contributed by atoms with Gasteiger partial charge in [0.25, 0.3) is 5.69 Å². The van der Waals surface area contributed by atoms with Gasteiger partial charge in [-0.1, -0.05) is 22.9 Å². The number of phosphoric ester groups is 1. The van der Waals surface area contributed by atoms with E-state index in [1.807, 2.05) is 0 Å². The number of nitro groups is 1. The summed E-state index contributed by atoms with van der Waals surface area (Å²) < 4.78 is 28.1. The second-order valence-corrected chi connectivity index (χ2v) is 7.80. The number of nitrogens with zero attached hydrogens (tertiary/aromatic N) is 1. The van der Waals surface area contributed by atoms with E-state index in [0.29, 0.717) is 0 Å². The van der Waals surface area contributed by atoms with Gasteiger partial charge in [0, 0.05) is 12.1 Å². The lowest BCUT2D eigenvalue weighted by Gasteiger charge is -2.20. The Kier molecular flexibility index (Phi) is 6.20. The van der Waals surface area contributed by atoms with Gasteiger partial charge in [-0.05, 0) is 45.0 Å². The van der Waals surface area contributed by atoms with Gasteiger partial charge in [0.2, 0.25) is 0 Å². The maximum atomic E-state index is 12.9. The fourth-order valence-electron chi connectivity index (χ4n) is 1.62. The van der Waals surface area contributed by atoms with Crippen molar-refractivity contribution < 1.29 is 32.9 Å². The maximum absolute atomic E-state index is 12.9. The number of non-ortho nitro benzene ring substituents is 1. The van der Waals surface area contributed by atoms with Gasteiger partial charge in [0.1, 0.15) is 11.5 Å². The van der Waals surface area contributed by atoms with Crippen LogP contribution in [0, 0.1) is 15.5 Å². The van der Waals surface area contributed by atoms with E-state index in [9.17, 15) is 19.5 Å². The maximum Gasteiger partial charge on any atom is 0.625 e. The number of phosphoric acid groups is 1. The molecule has 0 N–H and O–H groups in total. The zero-order chi connectivity index (χ0) is 20.1. The van der Waals surface area contributed by atoms with Crippen LogP contribution < -0.4 is 9.05 Å². The quantitative estimate of drug-likeness (QED) is 0.287. The average Bonchev–Trinajstić information content (AvgIpc) is 2.60. The van der Waals surface area contributed by atoms with Crippen LogP contribution >= 0.6 is 7.82 Å². The van der Waals surface area contributed by atoms with Crippen LogP contribution in [-0.4, -0.2) is 10.9 Å². The average molecular weight is 395 g/mol. The summed E-state index contributed by atoms with van der Waals surface area (Å²) in [6.45, 7) is 4.75. The lowest BCUT2D eigenvalue weighted by atomic mass is 9.98. The minimum Gasteiger partial charge on any atom is -0.393 e. The molecule has 0 spiro atoms. The Morgan fingerprint density at radius 3 is 1.96 bits per heavy atom. The van der Waals surface area contributed by atoms with Gasteiger partial charge in [0.15, 0.2) is 0 Å². The fraction of sp³-hybridized carbons (Fsp3) is 0.235. The number of carbonyl (C=O) groups excluding carboxylic acids is 1. The molecular weight excluding hydrogens is 377 g/mol. The molecule has 0 aliphatic carbocycles. The van der Waals surface area contributed by atoms with Crippen molar-refractivity contribution in [2.45, 2.75) is 20.8 Å². The molecule has 1 atom stereocenters. The molecule has 0 heterocycles. The van der Waals surface area contributed by atoms with Crippen molar-refractivity contribution >= 4 is 19.5 Å². The van der Waals surface area contributed by atoms with Crippen LogP contribution in [0.3, 0.4) is 0 Å². The first-order valence-corrected chi connectivity index (χ1v) is 9.24. The van der Waals surface area contributed by atoms with Crippen molar-refractivity contribution in [3.63, 3.8) is 0 Å². The third kappa shape index (κ3) is 6.09. The number of hydrogen-bond acceptors (Lipinski definition) is 8. The largest absolute Gasteiger partial charge is 0.625 e. The second kappa shape index (κ2) is 8.20. The Hall–Kier alpha value is -2.90. The van der Waals surface area contributed by atoms with Crippen molar-refractivity contribution in [2.24, 2.45) is 5.41 Å². The molecule has 2 aromatic rings. The molecule has 0 radical (unpaired) electrons. The van der Waals surface area contributed by atoms with Gasteiger partial charge in [-0.2, -0.15) is 0 Å². The van der Waals surface area contributed by atoms with Crippen molar-refractivity contribution in [3.8, 4) is 11.5 Å². The Morgan fingerprint density at radius 2 is 1.48 bits per heavy atom. The van der Waals surface area contributed by atoms with Crippen molar-refractivity contribution in [1.82, 2.24) is 0 Å². The van der Waals surface area contributed by atoms with E-state index >= 15 is 0 Å². The standard InChI is InChI=1S/C17H18NO8P/c1-17(2,3)16(19)23-26-27(22,24-14-7-5-4-6-8-14)25-15-11-9-13(10-12-15)18(20)21/h4-12H,1-3H3. The highest BCUT2D eigenvalue weighted by Gasteiger charge is 2.37. The number of para-hydroxylation sites is 1. The summed E-state index contributed by atoms with van der Waals surface area (Å²) in [7, 11) is -4.44. The van der Waals surface area contributed by atoms with Gasteiger partial charge in [0.05, 0.1) is 10.3 Å². The summed E-state index contributed by atoms with van der Waals surface area (Å²) in [5.74, 6) is -0.673. The lowest BCUT2D eigenvalue weighted by molar-refractivity contribution is -0.384. The van der Waals surface area contributed by atoms with E-state index in [1.165, 1.54) is 24.3 Å². The van der Waals surface area contributed by atoms with Crippen LogP contribution in [0.1, 0.15) is 20.8 Å². The summed E-state index contributed by atoms with van der Waals surface area (Å²) in [6.07, 6.45) is 0. The Labute approximate surface area is 155 Å². The van der Waals surface area contributed by atoms with Gasteiger partial charge < -0.3 is 9.05 Å². The van der Waals surface area contributed by atoms with Crippen LogP contribution in [0.25, 0.3) is 0 Å². The molecule has 0 aromatic heterocycles. The smallest absolute Gasteiger partial charge is 0.393 e. The molecule has 27 heavy (non-hydrogen) atoms. The zero-order valence-corrected chi connectivity index (χ0v) is 15.8. The van der Waals surface area contributed by atoms with Gasteiger partial charge in [-0.25, -0.2) is 9.36 Å². The number of nitro benzene ring substituents is 1. The molecule has 0 saturated carbocycles. The fourth-order valence-corrected chi connectivity index (χ4v) is 2.64. The first-order valence-electron chi connectivity index (χ1n) is 7.78. The Bertz CT molecular complexity index is 845. The van der Waals surface area contributed by atoms with E-state index in [4.69, 9.17) is 13.7 Å². The molecule has 144 valence electrons. The highest BCUT2D eigenvalue weighted by atomic mass is 31.2. The van der Waals surface area contributed by atoms with Crippen LogP contribution in [0.5, 0.6) is 11.5 Å². The number of rotatable bonds is 7. The first-order chi connectivity index (χ1) is 12.6. The summed E-state index contributed by atoms with van der Waals surface area (Å²) >= 11 is 0. The normalized spacial score (nSPS) is 13.3. The molecule has 9 nitrogen and oxygen atoms in total. The summed E-state index contributed by atoms with van der Waals surface area (Å²) in [5.41, 5.74) is -1.09. The second-order valence-electron chi connectivity index (χ2n) is 6.39. The van der Waals surface area contributed by atoms with Crippen LogP contribution in [-0.2, 0) is 18.9 Å². The molecule has 0 saturated heterocycles. The number of carbonyl (C=O) groups is 1. The SMILES string of the molecule is CC(C)(C)C(=O)OOP(=O)(Oc1ccccc1)Oc1ccc([N+](=O)[O-])cc1. The molecule has 0 bridgehead atoms. The van der Waals surface area contributed by atoms with Crippen LogP contribution in [0.4, 0.5) is 5.69 Å². The molecule has 0 amide bonds. The monoisotopic (exact) mass is 395 g/mol. The van der Waals surface area contributed by atoms with Gasteiger partial charge in [-0.3, -0.25) is 15.0 Å². The van der Waals surface area contributed by atoms with E-state index in [0.717, 1.165) is 12.1 Å². The molecule has 0 aliphatic rings. The van der Waals surface area contributed by atoms with Crippen molar-refractivity contribution in [3.05, 3.63) is 64.7 Å². The highest BCUT2D eigenvalue weighted by molar-refractivity contribution is 7.49. The van der Waals surface area contributed by atoms with E-state index in [1.54, 1.807) is 39.0 Å². The van der Waals surface area contributed by atoms with E-state index in [2.05, 4.69) is 4.89 Å². The first kappa shape index (κ1) is 20.4. The molecular formula is C17H18NO8P. The molecule has 1 unspecified atom stereocenters. The molecule has 0 aliphatic heterocycles. The third-order valence-corrected chi connectivity index (χ3v) is 4.17. The highest BCUT2D eigenvalue weighted by Crippen LogP contribution is 2.50. The lowest BCUT2D eigenvalue weighted by Crippen LogP contribution is -2.23. The molecule has 2 aromatic carbocycles. The number of hydrogen-bond donors (Lipinski definition) is 0. The third-order valence-electron chi connectivity index (χ3n) is 3.04. The predicted octanol–water partition coefficient (Wildman–Crippen LogP) is 4.68. The molecule has 10 heteroatoms. The minimum absolute atomic E-state index is 0.0355. The van der Waals surface area contributed by atoms with Gasteiger partial charge in [-0.15, -0.1) is 0 Å². The number of benzene rings is 2. The Balaban J connectivity index is 2.21. The molecule has 2 rings (SSSR count). The molecule has 0 fully saturated rings. The van der Waals surface area contributed by atoms with Crippen molar-refractivity contribution in [1.29, 1.82) is 0 Å². The van der Waals surface area contributed by atoms with E-state index < -0.39 is 24.1 Å².